The Labute approximate surface area is 207 Å². The topological polar surface area (TPSA) is 104 Å². The molecule has 0 aliphatic carbocycles. The first-order chi connectivity index (χ1) is 17.3. The molecule has 3 N–H and O–H groups in total. The Morgan fingerprint density at radius 2 is 1.97 bits per heavy atom. The standard InChI is InChI=1S/C27H26FN5O3/c1-16-4-3-5-18(10-16)23(15-34)33-9-8-32-14-19(11-22(32)26(33)36)25-17(2)13-29-27(31-25)30-21-7-6-20(28)12-24(21)35/h3-7,10-14,23,34-35H,8-9,15H2,1-2H3,(H,29,30,31). The summed E-state index contributed by atoms with van der Waals surface area (Å²) in [5.74, 6) is -0.728. The molecule has 9 heteroatoms. The Balaban J connectivity index is 1.44. The Morgan fingerprint density at radius 1 is 1.14 bits per heavy atom. The predicted octanol–water partition coefficient (Wildman–Crippen LogP) is 4.34. The molecule has 1 unspecified atom stereocenters. The minimum absolute atomic E-state index is 0.158. The molecule has 2 aromatic heterocycles. The molecular formula is C27H26FN5O3. The highest BCUT2D eigenvalue weighted by Gasteiger charge is 2.31. The highest BCUT2D eigenvalue weighted by Crippen LogP contribution is 2.32. The molecule has 2 aromatic carbocycles. The average molecular weight is 488 g/mol. The number of aliphatic hydroxyl groups excluding tert-OH is 1. The van der Waals surface area contributed by atoms with E-state index >= 15 is 0 Å². The molecule has 0 saturated carbocycles. The smallest absolute Gasteiger partial charge is 0.271 e. The predicted molar refractivity (Wildman–Crippen MR) is 134 cm³/mol. The van der Waals surface area contributed by atoms with Crippen molar-refractivity contribution in [2.45, 2.75) is 26.4 Å². The minimum atomic E-state index is -0.549. The van der Waals surface area contributed by atoms with E-state index in [0.29, 0.717) is 24.5 Å². The van der Waals surface area contributed by atoms with Gasteiger partial charge in [0.1, 0.15) is 17.3 Å². The number of nitrogens with one attached hydrogen (secondary N) is 1. The zero-order valence-corrected chi connectivity index (χ0v) is 19.9. The fourth-order valence-electron chi connectivity index (χ4n) is 4.55. The first kappa shape index (κ1) is 23.5. The molecule has 1 atom stereocenters. The van der Waals surface area contributed by atoms with E-state index in [4.69, 9.17) is 0 Å². The van der Waals surface area contributed by atoms with Crippen LogP contribution in [0.4, 0.5) is 16.0 Å². The first-order valence-electron chi connectivity index (χ1n) is 11.6. The van der Waals surface area contributed by atoms with Crippen molar-refractivity contribution < 1.29 is 19.4 Å². The van der Waals surface area contributed by atoms with E-state index in [1.807, 2.05) is 48.9 Å². The number of carbonyl (C=O) groups excluding carboxylic acids is 1. The van der Waals surface area contributed by atoms with Crippen LogP contribution in [0, 0.1) is 19.7 Å². The van der Waals surface area contributed by atoms with Crippen LogP contribution in [0.15, 0.2) is 60.9 Å². The maximum Gasteiger partial charge on any atom is 0.271 e. The summed E-state index contributed by atoms with van der Waals surface area (Å²) in [6, 6.07) is 12.8. The van der Waals surface area contributed by atoms with Crippen molar-refractivity contribution in [3.05, 3.63) is 89.1 Å². The second kappa shape index (κ2) is 9.43. The van der Waals surface area contributed by atoms with Crippen LogP contribution >= 0.6 is 0 Å². The molecule has 5 rings (SSSR count). The number of aromatic nitrogens is 3. The van der Waals surface area contributed by atoms with Crippen LogP contribution in [-0.2, 0) is 6.54 Å². The van der Waals surface area contributed by atoms with Crippen LogP contribution in [0.5, 0.6) is 5.75 Å². The molecule has 36 heavy (non-hydrogen) atoms. The number of halogens is 1. The fraction of sp³-hybridized carbons (Fsp3) is 0.222. The molecule has 0 fully saturated rings. The highest BCUT2D eigenvalue weighted by atomic mass is 19.1. The largest absolute Gasteiger partial charge is 0.506 e. The monoisotopic (exact) mass is 487 g/mol. The van der Waals surface area contributed by atoms with Gasteiger partial charge in [-0.25, -0.2) is 14.4 Å². The average Bonchev–Trinajstić information content (AvgIpc) is 3.29. The van der Waals surface area contributed by atoms with Crippen molar-refractivity contribution in [3.8, 4) is 17.0 Å². The molecule has 0 spiro atoms. The number of aryl methyl sites for hydroxylation is 2. The highest BCUT2D eigenvalue weighted by molar-refractivity contribution is 5.95. The van der Waals surface area contributed by atoms with Crippen molar-refractivity contribution in [3.63, 3.8) is 0 Å². The van der Waals surface area contributed by atoms with Gasteiger partial charge in [-0.05, 0) is 43.2 Å². The summed E-state index contributed by atoms with van der Waals surface area (Å²) in [6.07, 6.45) is 3.54. The SMILES string of the molecule is Cc1cccc(C(CO)N2CCn3cc(-c4nc(Nc5ccc(F)cc5O)ncc4C)cc3C2=O)c1. The molecule has 3 heterocycles. The summed E-state index contributed by atoms with van der Waals surface area (Å²) in [6.45, 7) is 4.75. The van der Waals surface area contributed by atoms with Gasteiger partial charge in [-0.3, -0.25) is 4.79 Å². The summed E-state index contributed by atoms with van der Waals surface area (Å²) in [4.78, 5) is 24.0. The Hall–Kier alpha value is -4.24. The maximum atomic E-state index is 13.5. The molecule has 184 valence electrons. The number of carbonyl (C=O) groups is 1. The van der Waals surface area contributed by atoms with Gasteiger partial charge in [0.15, 0.2) is 0 Å². The first-order valence-corrected chi connectivity index (χ1v) is 11.6. The quantitative estimate of drug-likeness (QED) is 0.350. The van der Waals surface area contributed by atoms with Crippen molar-refractivity contribution >= 4 is 17.5 Å². The third kappa shape index (κ3) is 4.40. The zero-order valence-electron chi connectivity index (χ0n) is 19.9. The Bertz CT molecular complexity index is 1450. The fourth-order valence-corrected chi connectivity index (χ4v) is 4.55. The van der Waals surface area contributed by atoms with E-state index < -0.39 is 11.9 Å². The minimum Gasteiger partial charge on any atom is -0.506 e. The molecular weight excluding hydrogens is 461 g/mol. The van der Waals surface area contributed by atoms with Crippen molar-refractivity contribution in [1.29, 1.82) is 0 Å². The van der Waals surface area contributed by atoms with E-state index in [1.165, 1.54) is 12.1 Å². The molecule has 1 aliphatic heterocycles. The third-order valence-electron chi connectivity index (χ3n) is 6.39. The number of fused-ring (bicyclic) bond motifs is 1. The molecule has 1 amide bonds. The summed E-state index contributed by atoms with van der Waals surface area (Å²) in [7, 11) is 0. The lowest BCUT2D eigenvalue weighted by molar-refractivity contribution is 0.0526. The zero-order chi connectivity index (χ0) is 25.4. The van der Waals surface area contributed by atoms with E-state index in [0.717, 1.165) is 28.3 Å². The van der Waals surface area contributed by atoms with Crippen LogP contribution in [-0.4, -0.2) is 48.7 Å². The van der Waals surface area contributed by atoms with E-state index in [9.17, 15) is 19.4 Å². The number of hydrogen-bond acceptors (Lipinski definition) is 6. The van der Waals surface area contributed by atoms with Gasteiger partial charge in [0.25, 0.3) is 5.91 Å². The van der Waals surface area contributed by atoms with Crippen molar-refractivity contribution in [1.82, 2.24) is 19.4 Å². The number of aliphatic hydroxyl groups is 1. The van der Waals surface area contributed by atoms with E-state index in [-0.39, 0.29) is 29.9 Å². The second-order valence-corrected chi connectivity index (χ2v) is 8.93. The number of benzene rings is 2. The Kier molecular flexibility index (Phi) is 6.15. The number of hydrogen-bond donors (Lipinski definition) is 3. The molecule has 0 saturated heterocycles. The van der Waals surface area contributed by atoms with Gasteiger partial charge in [0.2, 0.25) is 5.95 Å². The number of anilines is 2. The number of aromatic hydroxyl groups is 1. The van der Waals surface area contributed by atoms with Gasteiger partial charge in [0, 0.05) is 37.1 Å². The van der Waals surface area contributed by atoms with E-state index in [1.54, 1.807) is 17.2 Å². The summed E-state index contributed by atoms with van der Waals surface area (Å²) < 4.78 is 15.2. The molecule has 1 aliphatic rings. The molecule has 0 bridgehead atoms. The lowest BCUT2D eigenvalue weighted by Gasteiger charge is -2.34. The Morgan fingerprint density at radius 3 is 2.72 bits per heavy atom. The van der Waals surface area contributed by atoms with Gasteiger partial charge in [-0.1, -0.05) is 29.8 Å². The summed E-state index contributed by atoms with van der Waals surface area (Å²) >= 11 is 0. The van der Waals surface area contributed by atoms with Crippen molar-refractivity contribution in [2.75, 3.05) is 18.5 Å². The van der Waals surface area contributed by atoms with E-state index in [2.05, 4.69) is 15.3 Å². The third-order valence-corrected chi connectivity index (χ3v) is 6.39. The van der Waals surface area contributed by atoms with Gasteiger partial charge in [-0.2, -0.15) is 0 Å². The number of phenols is 1. The van der Waals surface area contributed by atoms with Crippen molar-refractivity contribution in [2.24, 2.45) is 0 Å². The van der Waals surface area contributed by atoms with Gasteiger partial charge < -0.3 is 25.0 Å². The number of amides is 1. The number of rotatable bonds is 6. The number of nitrogens with zero attached hydrogens (tertiary/aromatic N) is 4. The molecule has 0 radical (unpaired) electrons. The summed E-state index contributed by atoms with van der Waals surface area (Å²) in [5.41, 5.74) is 4.96. The normalized spacial score (nSPS) is 14.0. The van der Waals surface area contributed by atoms with Crippen LogP contribution in [0.3, 0.4) is 0 Å². The molecule has 4 aromatic rings. The number of phenolic OH excluding ortho intramolecular Hbond substituents is 1. The lowest BCUT2D eigenvalue weighted by atomic mass is 10.0. The maximum absolute atomic E-state index is 13.5. The van der Waals surface area contributed by atoms with Crippen LogP contribution in [0.1, 0.15) is 33.2 Å². The van der Waals surface area contributed by atoms with Gasteiger partial charge >= 0.3 is 0 Å². The molecule has 8 nitrogen and oxygen atoms in total. The van der Waals surface area contributed by atoms with Crippen LogP contribution < -0.4 is 5.32 Å². The van der Waals surface area contributed by atoms with Crippen LogP contribution in [0.25, 0.3) is 11.3 Å². The lowest BCUT2D eigenvalue weighted by Crippen LogP contribution is -2.43. The van der Waals surface area contributed by atoms with Crippen LogP contribution in [0.2, 0.25) is 0 Å². The second-order valence-electron chi connectivity index (χ2n) is 8.93. The van der Waals surface area contributed by atoms with Gasteiger partial charge in [0.05, 0.1) is 24.0 Å². The summed E-state index contributed by atoms with van der Waals surface area (Å²) in [5, 5.41) is 23.0. The van der Waals surface area contributed by atoms with Gasteiger partial charge in [-0.15, -0.1) is 0 Å².